The van der Waals surface area contributed by atoms with Gasteiger partial charge in [-0.05, 0) is 18.8 Å². The van der Waals surface area contributed by atoms with Crippen LogP contribution in [0, 0.1) is 5.92 Å². The van der Waals surface area contributed by atoms with Crippen LogP contribution in [-0.4, -0.2) is 5.33 Å². The molecule has 0 heterocycles. The molecule has 0 amide bonds. The highest BCUT2D eigenvalue weighted by Crippen LogP contribution is 2.19. The second-order valence-electron chi connectivity index (χ2n) is 4.01. The van der Waals surface area contributed by atoms with Crippen molar-refractivity contribution in [2.24, 2.45) is 5.92 Å². The van der Waals surface area contributed by atoms with E-state index in [0.29, 0.717) is 0 Å². The van der Waals surface area contributed by atoms with Gasteiger partial charge in [0.15, 0.2) is 0 Å². The lowest BCUT2D eigenvalue weighted by Gasteiger charge is -2.12. The Morgan fingerprint density at radius 2 is 1.46 bits per heavy atom. The average molecular weight is 249 g/mol. The Balaban J connectivity index is 3.25. The Bertz CT molecular complexity index is 91.1. The molecule has 0 N–H and O–H groups in total. The molecule has 0 spiro atoms. The van der Waals surface area contributed by atoms with Gasteiger partial charge in [-0.1, -0.05) is 68.3 Å². The zero-order valence-corrected chi connectivity index (χ0v) is 10.9. The van der Waals surface area contributed by atoms with Gasteiger partial charge in [-0.25, -0.2) is 0 Å². The molecule has 0 aromatic carbocycles. The van der Waals surface area contributed by atoms with Crippen molar-refractivity contribution in [3.05, 3.63) is 0 Å². The first kappa shape index (κ1) is 13.5. The summed E-state index contributed by atoms with van der Waals surface area (Å²) >= 11 is 3.62. The lowest BCUT2D eigenvalue weighted by Crippen LogP contribution is -2.01. The van der Waals surface area contributed by atoms with Gasteiger partial charge in [-0.3, -0.25) is 0 Å². The molecule has 0 saturated heterocycles. The molecular weight excluding hydrogens is 224 g/mol. The molecule has 0 radical (unpaired) electrons. The van der Waals surface area contributed by atoms with E-state index in [2.05, 4.69) is 29.8 Å². The molecule has 0 aliphatic rings. The van der Waals surface area contributed by atoms with E-state index in [1.807, 2.05) is 0 Å². The molecule has 0 nitrogen and oxygen atoms in total. The predicted molar refractivity (Wildman–Crippen MR) is 65.6 cm³/mol. The summed E-state index contributed by atoms with van der Waals surface area (Å²) in [7, 11) is 0. The summed E-state index contributed by atoms with van der Waals surface area (Å²) in [6, 6.07) is 0. The van der Waals surface area contributed by atoms with E-state index >= 15 is 0 Å². The Morgan fingerprint density at radius 3 is 2.00 bits per heavy atom. The first-order valence-electron chi connectivity index (χ1n) is 5.91. The van der Waals surface area contributed by atoms with Crippen molar-refractivity contribution < 1.29 is 0 Å². The maximum Gasteiger partial charge on any atom is 0.00596 e. The van der Waals surface area contributed by atoms with Crippen molar-refractivity contribution in [1.29, 1.82) is 0 Å². The van der Waals surface area contributed by atoms with E-state index in [-0.39, 0.29) is 0 Å². The second kappa shape index (κ2) is 10.6. The van der Waals surface area contributed by atoms with Gasteiger partial charge in [0.1, 0.15) is 0 Å². The molecule has 0 aromatic heterocycles. The molecule has 0 unspecified atom stereocenters. The molecule has 80 valence electrons. The van der Waals surface area contributed by atoms with Crippen molar-refractivity contribution in [3.8, 4) is 0 Å². The van der Waals surface area contributed by atoms with Crippen LogP contribution in [0.5, 0.6) is 0 Å². The fourth-order valence-corrected chi connectivity index (χ4v) is 2.30. The molecular formula is C12H25Br. The topological polar surface area (TPSA) is 0 Å². The molecule has 0 aliphatic carbocycles. The van der Waals surface area contributed by atoms with Crippen molar-refractivity contribution in [3.63, 3.8) is 0 Å². The number of halogens is 1. The zero-order valence-electron chi connectivity index (χ0n) is 9.32. The normalized spacial score (nSPS) is 13.2. The summed E-state index contributed by atoms with van der Waals surface area (Å²) in [6.45, 7) is 4.56. The molecule has 0 rings (SSSR count). The summed E-state index contributed by atoms with van der Waals surface area (Å²) in [6.07, 6.45) is 11.3. The Morgan fingerprint density at radius 1 is 0.846 bits per heavy atom. The summed E-state index contributed by atoms with van der Waals surface area (Å²) in [5, 5.41) is 1.21. The van der Waals surface area contributed by atoms with Crippen LogP contribution in [-0.2, 0) is 0 Å². The van der Waals surface area contributed by atoms with Crippen LogP contribution in [0.15, 0.2) is 0 Å². The van der Waals surface area contributed by atoms with Crippen LogP contribution in [0.25, 0.3) is 0 Å². The van der Waals surface area contributed by atoms with Crippen LogP contribution in [0.3, 0.4) is 0 Å². The summed E-state index contributed by atoms with van der Waals surface area (Å²) in [4.78, 5) is 0. The number of hydrogen-bond acceptors (Lipinski definition) is 0. The highest BCUT2D eigenvalue weighted by atomic mass is 79.9. The minimum absolute atomic E-state index is 0.941. The first-order chi connectivity index (χ1) is 6.35. The number of rotatable bonds is 9. The largest absolute Gasteiger partial charge is 0.0925 e. The van der Waals surface area contributed by atoms with Gasteiger partial charge in [0.05, 0.1) is 0 Å². The second-order valence-corrected chi connectivity index (χ2v) is 4.66. The van der Waals surface area contributed by atoms with E-state index < -0.39 is 0 Å². The Hall–Kier alpha value is 0.480. The van der Waals surface area contributed by atoms with Gasteiger partial charge in [-0.15, -0.1) is 0 Å². The number of unbranched alkanes of at least 4 members (excludes halogenated alkanes) is 4. The van der Waals surface area contributed by atoms with Crippen molar-refractivity contribution in [2.45, 2.75) is 65.2 Å². The van der Waals surface area contributed by atoms with Crippen LogP contribution in [0.1, 0.15) is 65.2 Å². The maximum absolute atomic E-state index is 3.62. The highest BCUT2D eigenvalue weighted by Gasteiger charge is 2.05. The van der Waals surface area contributed by atoms with Gasteiger partial charge in [0.25, 0.3) is 0 Å². The molecule has 1 atom stereocenters. The van der Waals surface area contributed by atoms with Crippen LogP contribution >= 0.6 is 15.9 Å². The smallest absolute Gasteiger partial charge is 0.00596 e. The molecule has 0 bridgehead atoms. The predicted octanol–water partition coefficient (Wildman–Crippen LogP) is 5.16. The third-order valence-corrected chi connectivity index (χ3v) is 3.57. The number of hydrogen-bond donors (Lipinski definition) is 0. The van der Waals surface area contributed by atoms with Crippen molar-refractivity contribution >= 4 is 15.9 Å². The SMILES string of the molecule is CCCCCC[C@H](CBr)CCCC. The van der Waals surface area contributed by atoms with Gasteiger partial charge < -0.3 is 0 Å². The molecule has 0 saturated carbocycles. The van der Waals surface area contributed by atoms with Crippen LogP contribution in [0.4, 0.5) is 0 Å². The molecule has 13 heavy (non-hydrogen) atoms. The third kappa shape index (κ3) is 8.80. The van der Waals surface area contributed by atoms with Gasteiger partial charge in [0, 0.05) is 5.33 Å². The van der Waals surface area contributed by atoms with Crippen molar-refractivity contribution in [1.82, 2.24) is 0 Å². The summed E-state index contributed by atoms with van der Waals surface area (Å²) < 4.78 is 0. The van der Waals surface area contributed by atoms with Crippen LogP contribution in [0.2, 0.25) is 0 Å². The quantitative estimate of drug-likeness (QED) is 0.391. The lowest BCUT2D eigenvalue weighted by molar-refractivity contribution is 0.453. The molecule has 0 aromatic rings. The average Bonchev–Trinajstić information content (AvgIpc) is 2.17. The molecule has 1 heteroatoms. The van der Waals surface area contributed by atoms with Crippen LogP contribution < -0.4 is 0 Å². The summed E-state index contributed by atoms with van der Waals surface area (Å²) in [5.74, 6) is 0.941. The van der Waals surface area contributed by atoms with E-state index in [9.17, 15) is 0 Å². The zero-order chi connectivity index (χ0) is 9.94. The summed E-state index contributed by atoms with van der Waals surface area (Å²) in [5.41, 5.74) is 0. The molecule has 0 aliphatic heterocycles. The molecule has 0 fully saturated rings. The van der Waals surface area contributed by atoms with Gasteiger partial charge in [0.2, 0.25) is 0 Å². The van der Waals surface area contributed by atoms with Crippen molar-refractivity contribution in [2.75, 3.05) is 5.33 Å². The van der Waals surface area contributed by atoms with Gasteiger partial charge >= 0.3 is 0 Å². The third-order valence-electron chi connectivity index (χ3n) is 2.65. The fourth-order valence-electron chi connectivity index (χ4n) is 1.65. The van der Waals surface area contributed by atoms with Gasteiger partial charge in [-0.2, -0.15) is 0 Å². The Kier molecular flexibility index (Phi) is 11.0. The minimum Gasteiger partial charge on any atom is -0.0925 e. The highest BCUT2D eigenvalue weighted by molar-refractivity contribution is 9.09. The Labute approximate surface area is 92.6 Å². The lowest BCUT2D eigenvalue weighted by atomic mass is 9.97. The fraction of sp³-hybridized carbons (Fsp3) is 1.00. The van der Waals surface area contributed by atoms with E-state index in [1.54, 1.807) is 0 Å². The number of alkyl halides is 1. The van der Waals surface area contributed by atoms with E-state index in [1.165, 1.54) is 56.7 Å². The van der Waals surface area contributed by atoms with E-state index in [4.69, 9.17) is 0 Å². The monoisotopic (exact) mass is 248 g/mol. The van der Waals surface area contributed by atoms with E-state index in [0.717, 1.165) is 5.92 Å². The first-order valence-corrected chi connectivity index (χ1v) is 7.03. The minimum atomic E-state index is 0.941. The standard InChI is InChI=1S/C12H25Br/c1-3-5-7-8-10-12(11-13)9-6-4-2/h12H,3-11H2,1-2H3/t12-/m1/s1. The maximum atomic E-state index is 3.62.